The summed E-state index contributed by atoms with van der Waals surface area (Å²) in [5, 5.41) is 3.44. The minimum atomic E-state index is 0.148. The number of rotatable bonds is 3. The third kappa shape index (κ3) is 3.16. The predicted octanol–water partition coefficient (Wildman–Crippen LogP) is 2.74. The predicted molar refractivity (Wildman–Crippen MR) is 82.1 cm³/mol. The summed E-state index contributed by atoms with van der Waals surface area (Å²) in [7, 11) is 0. The van der Waals surface area contributed by atoms with Gasteiger partial charge in [0, 0.05) is 37.7 Å². The number of aryl methyl sites for hydroxylation is 1. The third-order valence-corrected chi connectivity index (χ3v) is 3.85. The monoisotopic (exact) mass is 284 g/mol. The number of para-hydroxylation sites is 1. The highest BCUT2D eigenvalue weighted by Crippen LogP contribution is 2.24. The van der Waals surface area contributed by atoms with E-state index in [0.717, 1.165) is 18.0 Å². The first-order valence-electron chi connectivity index (χ1n) is 7.38. The molecule has 0 fully saturated rings. The zero-order valence-electron chi connectivity index (χ0n) is 12.2. The molecule has 0 saturated carbocycles. The molecule has 1 atom stereocenters. The smallest absolute Gasteiger partial charge is 0.227 e. The Morgan fingerprint density at radius 1 is 1.33 bits per heavy atom. The summed E-state index contributed by atoms with van der Waals surface area (Å²) in [6.45, 7) is 3.62. The molecule has 1 unspecified atom stereocenters. The maximum Gasteiger partial charge on any atom is 0.227 e. The minimum Gasteiger partial charge on any atom is -0.469 e. The molecule has 3 rings (SSSR count). The van der Waals surface area contributed by atoms with Crippen LogP contribution in [0.5, 0.6) is 0 Å². The van der Waals surface area contributed by atoms with Crippen molar-refractivity contribution >= 4 is 11.6 Å². The molecule has 1 aromatic carbocycles. The largest absolute Gasteiger partial charge is 0.469 e. The molecule has 4 heteroatoms. The van der Waals surface area contributed by atoms with Gasteiger partial charge in [0.1, 0.15) is 5.76 Å². The molecule has 4 nitrogen and oxygen atoms in total. The molecule has 0 bridgehead atoms. The van der Waals surface area contributed by atoms with E-state index >= 15 is 0 Å². The van der Waals surface area contributed by atoms with Crippen LogP contribution < -0.4 is 10.2 Å². The van der Waals surface area contributed by atoms with E-state index in [2.05, 4.69) is 18.3 Å². The van der Waals surface area contributed by atoms with Crippen LogP contribution in [0.15, 0.2) is 47.1 Å². The Balaban J connectivity index is 1.77. The Labute approximate surface area is 124 Å². The molecule has 110 valence electrons. The number of nitrogens with zero attached hydrogens (tertiary/aromatic N) is 1. The summed E-state index contributed by atoms with van der Waals surface area (Å²) in [5.74, 6) is 1.01. The number of anilines is 1. The molecule has 0 radical (unpaired) electrons. The fourth-order valence-corrected chi connectivity index (χ4v) is 2.70. The second-order valence-electron chi connectivity index (χ2n) is 5.49. The third-order valence-electron chi connectivity index (χ3n) is 3.85. The molecule has 1 aromatic heterocycles. The molecule has 21 heavy (non-hydrogen) atoms. The van der Waals surface area contributed by atoms with Gasteiger partial charge in [-0.2, -0.15) is 0 Å². The zero-order valence-corrected chi connectivity index (χ0v) is 12.2. The van der Waals surface area contributed by atoms with Crippen LogP contribution in [0.4, 0.5) is 5.69 Å². The first kappa shape index (κ1) is 13.9. The second-order valence-corrected chi connectivity index (χ2v) is 5.49. The zero-order chi connectivity index (χ0) is 14.7. The average Bonchev–Trinajstić information content (AvgIpc) is 2.96. The number of hydrogen-bond donors (Lipinski definition) is 1. The minimum absolute atomic E-state index is 0.148. The number of nitrogens with one attached hydrogen (secondary N) is 1. The first-order valence-corrected chi connectivity index (χ1v) is 7.38. The maximum absolute atomic E-state index is 12.6. The number of furan rings is 1. The Hall–Kier alpha value is -2.07. The lowest BCUT2D eigenvalue weighted by molar-refractivity contribution is -0.118. The van der Waals surface area contributed by atoms with Crippen molar-refractivity contribution in [3.8, 4) is 0 Å². The van der Waals surface area contributed by atoms with Crippen LogP contribution in [0.2, 0.25) is 0 Å². The lowest BCUT2D eigenvalue weighted by atomic mass is 10.1. The molecule has 1 amide bonds. The number of benzene rings is 1. The van der Waals surface area contributed by atoms with Crippen LogP contribution in [0.3, 0.4) is 0 Å². The van der Waals surface area contributed by atoms with Crippen LogP contribution in [0.1, 0.15) is 24.7 Å². The summed E-state index contributed by atoms with van der Waals surface area (Å²) in [5.41, 5.74) is 2.20. The van der Waals surface area contributed by atoms with Crippen molar-refractivity contribution in [2.45, 2.75) is 32.4 Å². The van der Waals surface area contributed by atoms with E-state index in [1.165, 1.54) is 5.56 Å². The normalized spacial score (nSPS) is 18.1. The standard InChI is InChI=1S/C17H20N2O2/c1-13-12-19(16-7-3-2-5-14(16)11-18-13)17(20)9-8-15-6-4-10-21-15/h2-7,10,13,18H,8-9,11-12H2,1H3. The van der Waals surface area contributed by atoms with E-state index in [1.54, 1.807) is 6.26 Å². The lowest BCUT2D eigenvalue weighted by Gasteiger charge is -2.24. The highest BCUT2D eigenvalue weighted by molar-refractivity contribution is 5.94. The number of carbonyl (C=O) groups excluding carboxylic acids is 1. The van der Waals surface area contributed by atoms with Gasteiger partial charge < -0.3 is 14.6 Å². The van der Waals surface area contributed by atoms with Gasteiger partial charge in [0.2, 0.25) is 5.91 Å². The van der Waals surface area contributed by atoms with Crippen molar-refractivity contribution < 1.29 is 9.21 Å². The van der Waals surface area contributed by atoms with Gasteiger partial charge in [0.25, 0.3) is 0 Å². The highest BCUT2D eigenvalue weighted by atomic mass is 16.3. The SMILES string of the molecule is CC1CN(C(=O)CCc2ccco2)c2ccccc2CN1. The summed E-state index contributed by atoms with van der Waals surface area (Å²) in [4.78, 5) is 14.5. The second kappa shape index (κ2) is 6.14. The van der Waals surface area contributed by atoms with E-state index in [0.29, 0.717) is 19.4 Å². The highest BCUT2D eigenvalue weighted by Gasteiger charge is 2.23. The average molecular weight is 284 g/mol. The van der Waals surface area contributed by atoms with Gasteiger partial charge in [-0.25, -0.2) is 0 Å². The summed E-state index contributed by atoms with van der Waals surface area (Å²) >= 11 is 0. The number of carbonyl (C=O) groups is 1. The van der Waals surface area contributed by atoms with E-state index in [1.807, 2.05) is 35.2 Å². The van der Waals surface area contributed by atoms with Gasteiger partial charge in [-0.3, -0.25) is 4.79 Å². The Bertz CT molecular complexity index is 607. The fraction of sp³-hybridized carbons (Fsp3) is 0.353. The Kier molecular flexibility index (Phi) is 4.06. The molecule has 1 aliphatic heterocycles. The van der Waals surface area contributed by atoms with Gasteiger partial charge in [-0.05, 0) is 30.7 Å². The van der Waals surface area contributed by atoms with Crippen LogP contribution in [0.25, 0.3) is 0 Å². The molecular weight excluding hydrogens is 264 g/mol. The van der Waals surface area contributed by atoms with E-state index < -0.39 is 0 Å². The molecule has 1 N–H and O–H groups in total. The molecule has 2 aromatic rings. The van der Waals surface area contributed by atoms with Crippen molar-refractivity contribution in [2.24, 2.45) is 0 Å². The van der Waals surface area contributed by atoms with Crippen molar-refractivity contribution in [1.29, 1.82) is 0 Å². The van der Waals surface area contributed by atoms with Gasteiger partial charge in [-0.1, -0.05) is 18.2 Å². The molecule has 0 saturated heterocycles. The van der Waals surface area contributed by atoms with Crippen molar-refractivity contribution in [1.82, 2.24) is 5.32 Å². The van der Waals surface area contributed by atoms with E-state index in [-0.39, 0.29) is 11.9 Å². The van der Waals surface area contributed by atoms with Crippen molar-refractivity contribution in [3.63, 3.8) is 0 Å². The summed E-state index contributed by atoms with van der Waals surface area (Å²) < 4.78 is 5.30. The topological polar surface area (TPSA) is 45.5 Å². The molecule has 0 aliphatic carbocycles. The molecule has 1 aliphatic rings. The van der Waals surface area contributed by atoms with Crippen molar-refractivity contribution in [2.75, 3.05) is 11.4 Å². The van der Waals surface area contributed by atoms with Crippen LogP contribution in [0, 0.1) is 0 Å². The first-order chi connectivity index (χ1) is 10.2. The van der Waals surface area contributed by atoms with Gasteiger partial charge in [0.15, 0.2) is 0 Å². The van der Waals surface area contributed by atoms with Crippen molar-refractivity contribution in [3.05, 3.63) is 54.0 Å². The maximum atomic E-state index is 12.6. The van der Waals surface area contributed by atoms with Crippen LogP contribution in [-0.4, -0.2) is 18.5 Å². The number of amides is 1. The van der Waals surface area contributed by atoms with E-state index in [4.69, 9.17) is 4.42 Å². The molecule has 2 heterocycles. The van der Waals surface area contributed by atoms with Gasteiger partial charge in [0.05, 0.1) is 6.26 Å². The quantitative estimate of drug-likeness (QED) is 0.942. The van der Waals surface area contributed by atoms with Gasteiger partial charge in [-0.15, -0.1) is 0 Å². The Morgan fingerprint density at radius 3 is 3.00 bits per heavy atom. The number of hydrogen-bond acceptors (Lipinski definition) is 3. The molecular formula is C17H20N2O2. The van der Waals surface area contributed by atoms with E-state index in [9.17, 15) is 4.79 Å². The van der Waals surface area contributed by atoms with Gasteiger partial charge >= 0.3 is 0 Å². The number of fused-ring (bicyclic) bond motifs is 1. The fourth-order valence-electron chi connectivity index (χ4n) is 2.70. The molecule has 0 spiro atoms. The van der Waals surface area contributed by atoms with Crippen LogP contribution in [-0.2, 0) is 17.8 Å². The summed E-state index contributed by atoms with van der Waals surface area (Å²) in [6.07, 6.45) is 2.76. The summed E-state index contributed by atoms with van der Waals surface area (Å²) in [6, 6.07) is 12.2. The van der Waals surface area contributed by atoms with Crippen LogP contribution >= 0.6 is 0 Å². The Morgan fingerprint density at radius 2 is 2.19 bits per heavy atom. The lowest BCUT2D eigenvalue weighted by Crippen LogP contribution is -2.39.